The van der Waals surface area contributed by atoms with Crippen molar-refractivity contribution >= 4 is 27.7 Å². The average Bonchev–Trinajstić information content (AvgIpc) is 2.32. The molecule has 1 rings (SSSR count). The molecule has 0 fully saturated rings. The maximum Gasteiger partial charge on any atom is 0.325 e. The second kappa shape index (κ2) is 6.39. The number of hydrogen-bond acceptors (Lipinski definition) is 5. The van der Waals surface area contributed by atoms with Crippen molar-refractivity contribution in [1.82, 2.24) is 9.97 Å². The highest BCUT2D eigenvalue weighted by Gasteiger charge is 2.16. The molecule has 0 amide bonds. The minimum atomic E-state index is -0.368. The molecule has 1 aromatic heterocycles. The minimum absolute atomic E-state index is 0.0688. The number of nitrogens with one attached hydrogen (secondary N) is 1. The third kappa shape index (κ3) is 3.55. The fraction of sp³-hybridized carbons (Fsp3) is 0.500. The first-order valence-electron chi connectivity index (χ1n) is 5.15. The van der Waals surface area contributed by atoms with E-state index in [0.717, 1.165) is 6.42 Å². The number of hydrogen-bond donors (Lipinski definition) is 1. The molecule has 0 aromatic carbocycles. The number of esters is 1. The van der Waals surface area contributed by atoms with E-state index in [2.05, 4.69) is 30.6 Å². The molecule has 1 aromatic rings. The SMILES string of the molecule is CCCN(CC(=O)OC)c1nc[nH]c(=O)c1Br. The number of ether oxygens (including phenoxy) is 1. The third-order valence-corrected chi connectivity index (χ3v) is 2.83. The van der Waals surface area contributed by atoms with Crippen LogP contribution in [0, 0.1) is 0 Å². The van der Waals surface area contributed by atoms with Crippen LogP contribution in [0.3, 0.4) is 0 Å². The number of aromatic amines is 1. The summed E-state index contributed by atoms with van der Waals surface area (Å²) in [5.41, 5.74) is -0.277. The van der Waals surface area contributed by atoms with Crippen LogP contribution in [0.1, 0.15) is 13.3 Å². The normalized spacial score (nSPS) is 10.1. The molecule has 0 aliphatic rings. The number of halogens is 1. The van der Waals surface area contributed by atoms with E-state index in [4.69, 9.17) is 0 Å². The summed E-state index contributed by atoms with van der Waals surface area (Å²) in [6.07, 6.45) is 2.14. The van der Waals surface area contributed by atoms with Crippen LogP contribution in [0.25, 0.3) is 0 Å². The van der Waals surface area contributed by atoms with Gasteiger partial charge in [-0.15, -0.1) is 0 Å². The molecule has 0 saturated heterocycles. The van der Waals surface area contributed by atoms with Crippen LogP contribution in [0.2, 0.25) is 0 Å². The maximum absolute atomic E-state index is 11.4. The van der Waals surface area contributed by atoms with Gasteiger partial charge in [0.25, 0.3) is 5.56 Å². The van der Waals surface area contributed by atoms with E-state index in [1.54, 1.807) is 4.90 Å². The minimum Gasteiger partial charge on any atom is -0.468 e. The highest BCUT2D eigenvalue weighted by atomic mass is 79.9. The van der Waals surface area contributed by atoms with Gasteiger partial charge in [0, 0.05) is 6.54 Å². The second-order valence-electron chi connectivity index (χ2n) is 3.37. The molecular formula is C10H14BrN3O3. The Balaban J connectivity index is 3.00. The molecule has 17 heavy (non-hydrogen) atoms. The van der Waals surface area contributed by atoms with E-state index in [1.807, 2.05) is 6.92 Å². The van der Waals surface area contributed by atoms with Gasteiger partial charge in [-0.3, -0.25) is 9.59 Å². The number of H-pyrrole nitrogens is 1. The summed E-state index contributed by atoms with van der Waals surface area (Å²) in [7, 11) is 1.33. The highest BCUT2D eigenvalue weighted by molar-refractivity contribution is 9.10. The zero-order chi connectivity index (χ0) is 12.8. The van der Waals surface area contributed by atoms with Gasteiger partial charge < -0.3 is 14.6 Å². The lowest BCUT2D eigenvalue weighted by Crippen LogP contribution is -2.33. The van der Waals surface area contributed by atoms with Crippen molar-refractivity contribution in [2.45, 2.75) is 13.3 Å². The van der Waals surface area contributed by atoms with Gasteiger partial charge in [-0.1, -0.05) is 6.92 Å². The van der Waals surface area contributed by atoms with Crippen molar-refractivity contribution in [2.24, 2.45) is 0 Å². The van der Waals surface area contributed by atoms with Gasteiger partial charge in [0.05, 0.1) is 13.4 Å². The monoisotopic (exact) mass is 303 g/mol. The first-order valence-corrected chi connectivity index (χ1v) is 5.94. The van der Waals surface area contributed by atoms with Crippen LogP contribution in [0.5, 0.6) is 0 Å². The van der Waals surface area contributed by atoms with Crippen LogP contribution < -0.4 is 10.5 Å². The van der Waals surface area contributed by atoms with Crippen molar-refractivity contribution in [3.05, 3.63) is 21.2 Å². The largest absolute Gasteiger partial charge is 0.468 e. The highest BCUT2D eigenvalue weighted by Crippen LogP contribution is 2.18. The molecule has 0 saturated carbocycles. The first kappa shape index (κ1) is 13.7. The van der Waals surface area contributed by atoms with E-state index in [9.17, 15) is 9.59 Å². The summed E-state index contributed by atoms with van der Waals surface area (Å²) in [6.45, 7) is 2.66. The van der Waals surface area contributed by atoms with Crippen molar-refractivity contribution in [3.63, 3.8) is 0 Å². The molecule has 6 nitrogen and oxygen atoms in total. The zero-order valence-electron chi connectivity index (χ0n) is 9.70. The van der Waals surface area contributed by atoms with Gasteiger partial charge in [-0.2, -0.15) is 0 Å². The Labute approximate surface area is 107 Å². The van der Waals surface area contributed by atoms with Crippen LogP contribution in [-0.4, -0.2) is 36.1 Å². The summed E-state index contributed by atoms with van der Waals surface area (Å²) in [6, 6.07) is 0. The smallest absolute Gasteiger partial charge is 0.325 e. The van der Waals surface area contributed by atoms with E-state index in [1.165, 1.54) is 13.4 Å². The number of carbonyl (C=O) groups is 1. The van der Waals surface area contributed by atoms with Gasteiger partial charge in [0.15, 0.2) is 5.82 Å². The Bertz CT molecular complexity index is 447. The van der Waals surface area contributed by atoms with Crippen LogP contribution in [0.15, 0.2) is 15.6 Å². The number of carbonyl (C=O) groups excluding carboxylic acids is 1. The van der Waals surface area contributed by atoms with Crippen molar-refractivity contribution in [2.75, 3.05) is 25.1 Å². The summed E-state index contributed by atoms with van der Waals surface area (Å²) in [5, 5.41) is 0. The molecule has 0 atom stereocenters. The molecule has 1 heterocycles. The van der Waals surface area contributed by atoms with Gasteiger partial charge in [0.2, 0.25) is 0 Å². The second-order valence-corrected chi connectivity index (χ2v) is 4.16. The summed E-state index contributed by atoms with van der Waals surface area (Å²) in [4.78, 5) is 30.9. The Kier molecular flexibility index (Phi) is 5.14. The van der Waals surface area contributed by atoms with E-state index >= 15 is 0 Å². The van der Waals surface area contributed by atoms with Gasteiger partial charge in [-0.05, 0) is 22.4 Å². The summed E-state index contributed by atoms with van der Waals surface area (Å²) >= 11 is 3.16. The Morgan fingerprint density at radius 2 is 2.35 bits per heavy atom. The van der Waals surface area contributed by atoms with Crippen LogP contribution in [0.4, 0.5) is 5.82 Å². The molecule has 94 valence electrons. The van der Waals surface area contributed by atoms with Crippen molar-refractivity contribution < 1.29 is 9.53 Å². The maximum atomic E-state index is 11.4. The molecule has 0 bridgehead atoms. The first-order chi connectivity index (χ1) is 8.10. The van der Waals surface area contributed by atoms with Gasteiger partial charge >= 0.3 is 5.97 Å². The molecule has 0 radical (unpaired) electrons. The molecule has 0 spiro atoms. The Morgan fingerprint density at radius 3 is 2.94 bits per heavy atom. The number of aromatic nitrogens is 2. The number of rotatable bonds is 5. The Morgan fingerprint density at radius 1 is 1.65 bits per heavy atom. The van der Waals surface area contributed by atoms with Crippen molar-refractivity contribution in [1.29, 1.82) is 0 Å². The lowest BCUT2D eigenvalue weighted by Gasteiger charge is -2.22. The lowest BCUT2D eigenvalue weighted by molar-refractivity contribution is -0.138. The van der Waals surface area contributed by atoms with E-state index < -0.39 is 0 Å². The van der Waals surface area contributed by atoms with E-state index in [0.29, 0.717) is 16.8 Å². The third-order valence-electron chi connectivity index (χ3n) is 2.12. The predicted molar refractivity (Wildman–Crippen MR) is 67.1 cm³/mol. The number of anilines is 1. The molecule has 7 heteroatoms. The molecular weight excluding hydrogens is 290 g/mol. The van der Waals surface area contributed by atoms with Gasteiger partial charge in [-0.25, -0.2) is 4.98 Å². The average molecular weight is 304 g/mol. The molecule has 0 aliphatic heterocycles. The van der Waals surface area contributed by atoms with E-state index in [-0.39, 0.29) is 18.1 Å². The molecule has 1 N–H and O–H groups in total. The van der Waals surface area contributed by atoms with Crippen LogP contribution >= 0.6 is 15.9 Å². The summed E-state index contributed by atoms with van der Waals surface area (Å²) < 4.78 is 4.93. The molecule has 0 aliphatic carbocycles. The van der Waals surface area contributed by atoms with Crippen LogP contribution in [-0.2, 0) is 9.53 Å². The van der Waals surface area contributed by atoms with Gasteiger partial charge in [0.1, 0.15) is 11.0 Å². The number of methoxy groups -OCH3 is 1. The summed E-state index contributed by atoms with van der Waals surface area (Å²) in [5.74, 6) is 0.0773. The Hall–Kier alpha value is -1.37. The topological polar surface area (TPSA) is 75.3 Å². The number of nitrogens with zero attached hydrogens (tertiary/aromatic N) is 2. The lowest BCUT2D eigenvalue weighted by atomic mass is 10.4. The standard InChI is InChI=1S/C10H14BrN3O3/c1-3-4-14(5-7(15)17-2)9-8(11)10(16)13-6-12-9/h6H,3-5H2,1-2H3,(H,12,13,16). The quantitative estimate of drug-likeness (QED) is 0.819. The zero-order valence-corrected chi connectivity index (χ0v) is 11.3. The fourth-order valence-electron chi connectivity index (χ4n) is 1.34. The molecule has 0 unspecified atom stereocenters. The van der Waals surface area contributed by atoms with Crippen molar-refractivity contribution in [3.8, 4) is 0 Å². The predicted octanol–water partition coefficient (Wildman–Crippen LogP) is 0.922. The fourth-order valence-corrected chi connectivity index (χ4v) is 1.81.